The average molecular weight is 520 g/mol. The number of anilines is 2. The summed E-state index contributed by atoms with van der Waals surface area (Å²) < 4.78 is 24.2. The highest BCUT2D eigenvalue weighted by Gasteiger charge is 2.31. The van der Waals surface area contributed by atoms with Crippen LogP contribution in [0.2, 0.25) is 0 Å². The molecule has 4 rings (SSSR count). The predicted octanol–water partition coefficient (Wildman–Crippen LogP) is 2.93. The van der Waals surface area contributed by atoms with E-state index in [0.717, 1.165) is 12.1 Å². The van der Waals surface area contributed by atoms with Gasteiger partial charge in [-0.3, -0.25) is 14.5 Å². The van der Waals surface area contributed by atoms with Gasteiger partial charge < -0.3 is 25.0 Å². The van der Waals surface area contributed by atoms with Crippen LogP contribution in [0.15, 0.2) is 23.6 Å². The summed E-state index contributed by atoms with van der Waals surface area (Å²) in [6.07, 6.45) is -0.400. The summed E-state index contributed by atoms with van der Waals surface area (Å²) in [4.78, 5) is 34.6. The van der Waals surface area contributed by atoms with E-state index in [1.165, 1.54) is 11.3 Å². The largest absolute Gasteiger partial charge is 0.383 e. The highest BCUT2D eigenvalue weighted by Crippen LogP contribution is 2.27. The lowest BCUT2D eigenvalue weighted by Crippen LogP contribution is -2.52. The van der Waals surface area contributed by atoms with Crippen LogP contribution >= 0.6 is 11.3 Å². The van der Waals surface area contributed by atoms with Crippen LogP contribution in [0.4, 0.5) is 15.2 Å². The highest BCUT2D eigenvalue weighted by molar-refractivity contribution is 7.14. The van der Waals surface area contributed by atoms with Gasteiger partial charge in [0.25, 0.3) is 11.8 Å². The number of hydrogen-bond donors (Lipinski definition) is 2. The summed E-state index contributed by atoms with van der Waals surface area (Å²) >= 11 is 1.31. The number of thiazole rings is 1. The van der Waals surface area contributed by atoms with Gasteiger partial charge in [-0.2, -0.15) is 0 Å². The van der Waals surface area contributed by atoms with E-state index in [1.54, 1.807) is 18.6 Å². The SMILES string of the molecule is COCCNC(=O)c1cc(CN2CCOCC2(C)C)ccc1NC(=O)c1csc(N2CC[C@H](F)C2)n1. The molecule has 2 fully saturated rings. The van der Waals surface area contributed by atoms with Gasteiger partial charge in [-0.1, -0.05) is 6.07 Å². The van der Waals surface area contributed by atoms with E-state index < -0.39 is 12.1 Å². The fourth-order valence-corrected chi connectivity index (χ4v) is 5.19. The van der Waals surface area contributed by atoms with Crippen molar-refractivity contribution in [2.45, 2.75) is 38.5 Å². The van der Waals surface area contributed by atoms with Crippen molar-refractivity contribution in [3.8, 4) is 0 Å². The monoisotopic (exact) mass is 519 g/mol. The number of morpholine rings is 1. The van der Waals surface area contributed by atoms with Crippen molar-refractivity contribution >= 4 is 34.0 Å². The summed E-state index contributed by atoms with van der Waals surface area (Å²) in [5.41, 5.74) is 1.86. The summed E-state index contributed by atoms with van der Waals surface area (Å²) in [6, 6.07) is 5.50. The number of rotatable bonds is 9. The van der Waals surface area contributed by atoms with Gasteiger partial charge in [-0.05, 0) is 38.0 Å². The summed E-state index contributed by atoms with van der Waals surface area (Å²) in [6.45, 7) is 8.65. The van der Waals surface area contributed by atoms with Crippen LogP contribution in [0.1, 0.15) is 46.7 Å². The van der Waals surface area contributed by atoms with Gasteiger partial charge in [-0.25, -0.2) is 9.37 Å². The molecule has 2 aliphatic heterocycles. The molecule has 196 valence electrons. The maximum absolute atomic E-state index is 13.6. The van der Waals surface area contributed by atoms with Gasteiger partial charge in [0, 0.05) is 44.2 Å². The number of carbonyl (C=O) groups excluding carboxylic acids is 2. The fraction of sp³-hybridized carbons (Fsp3) is 0.560. The molecule has 9 nitrogen and oxygen atoms in total. The molecule has 1 aromatic carbocycles. The van der Waals surface area contributed by atoms with Gasteiger partial charge in [-0.15, -0.1) is 11.3 Å². The molecule has 2 aromatic rings. The lowest BCUT2D eigenvalue weighted by atomic mass is 10.00. The number of nitrogens with zero attached hydrogens (tertiary/aromatic N) is 3. The predicted molar refractivity (Wildman–Crippen MR) is 138 cm³/mol. The lowest BCUT2D eigenvalue weighted by molar-refractivity contribution is -0.0552. The number of halogens is 1. The number of alkyl halides is 1. The zero-order valence-electron chi connectivity index (χ0n) is 21.0. The average Bonchev–Trinajstić information content (AvgIpc) is 3.50. The van der Waals surface area contributed by atoms with Crippen LogP contribution in [0.3, 0.4) is 0 Å². The van der Waals surface area contributed by atoms with Crippen LogP contribution in [0.5, 0.6) is 0 Å². The van der Waals surface area contributed by atoms with Crippen LogP contribution < -0.4 is 15.5 Å². The summed E-state index contributed by atoms with van der Waals surface area (Å²) in [5, 5.41) is 7.97. The second-order valence-electron chi connectivity index (χ2n) is 9.72. The fourth-order valence-electron chi connectivity index (χ4n) is 4.34. The van der Waals surface area contributed by atoms with Crippen molar-refractivity contribution in [1.29, 1.82) is 0 Å². The van der Waals surface area contributed by atoms with Gasteiger partial charge in [0.1, 0.15) is 11.9 Å². The third-order valence-corrected chi connectivity index (χ3v) is 7.39. The number of nitrogens with one attached hydrogen (secondary N) is 2. The van der Waals surface area contributed by atoms with E-state index in [2.05, 4.69) is 34.4 Å². The topological polar surface area (TPSA) is 96.0 Å². The molecule has 0 unspecified atom stereocenters. The smallest absolute Gasteiger partial charge is 0.275 e. The van der Waals surface area contributed by atoms with Gasteiger partial charge >= 0.3 is 0 Å². The Bertz CT molecular complexity index is 1080. The molecule has 3 heterocycles. The van der Waals surface area contributed by atoms with Crippen LogP contribution in [0.25, 0.3) is 0 Å². The first-order chi connectivity index (χ1) is 17.3. The number of amides is 2. The standard InChI is InChI=1S/C25H34FN5O4S/c1-25(2)16-35-11-9-31(25)13-17-4-5-20(19(12-17)22(32)27-7-10-34-3)28-23(33)21-15-36-24(29-21)30-8-6-18(26)14-30/h4-5,12,15,18H,6-11,13-14,16H2,1-3H3,(H,27,32)(H,28,33)/t18-/m0/s1. The molecule has 2 amide bonds. The first kappa shape index (κ1) is 26.5. The van der Waals surface area contributed by atoms with Crippen LogP contribution in [-0.2, 0) is 16.0 Å². The van der Waals surface area contributed by atoms with Crippen molar-refractivity contribution in [3.05, 3.63) is 40.4 Å². The highest BCUT2D eigenvalue weighted by atomic mass is 32.1. The van der Waals surface area contributed by atoms with Crippen LogP contribution in [-0.4, -0.2) is 86.5 Å². The Morgan fingerprint density at radius 2 is 2.14 bits per heavy atom. The second kappa shape index (κ2) is 11.6. The quantitative estimate of drug-likeness (QED) is 0.492. The van der Waals surface area contributed by atoms with Crippen molar-refractivity contribution in [2.75, 3.05) is 63.3 Å². The van der Waals surface area contributed by atoms with Crippen molar-refractivity contribution in [2.24, 2.45) is 0 Å². The van der Waals surface area contributed by atoms with E-state index in [9.17, 15) is 14.0 Å². The minimum atomic E-state index is -0.869. The molecule has 1 atom stereocenters. The maximum Gasteiger partial charge on any atom is 0.275 e. The number of aromatic nitrogens is 1. The molecule has 0 aliphatic carbocycles. The molecular formula is C25H34FN5O4S. The Morgan fingerprint density at radius 1 is 1.31 bits per heavy atom. The summed E-state index contributed by atoms with van der Waals surface area (Å²) in [5.74, 6) is -0.711. The minimum Gasteiger partial charge on any atom is -0.383 e. The van der Waals surface area contributed by atoms with Gasteiger partial charge in [0.2, 0.25) is 0 Å². The zero-order chi connectivity index (χ0) is 25.7. The zero-order valence-corrected chi connectivity index (χ0v) is 21.8. The minimum absolute atomic E-state index is 0.119. The first-order valence-corrected chi connectivity index (χ1v) is 13.0. The molecule has 0 bridgehead atoms. The third kappa shape index (κ3) is 6.39. The molecule has 11 heteroatoms. The molecule has 1 aromatic heterocycles. The molecule has 2 N–H and O–H groups in total. The number of ether oxygens (including phenoxy) is 2. The molecule has 0 spiro atoms. The maximum atomic E-state index is 13.6. The number of benzene rings is 1. The Kier molecular flexibility index (Phi) is 8.55. The van der Waals surface area contributed by atoms with Crippen molar-refractivity contribution < 1.29 is 23.5 Å². The number of hydrogen-bond acceptors (Lipinski definition) is 8. The van der Waals surface area contributed by atoms with E-state index in [1.807, 2.05) is 17.0 Å². The van der Waals surface area contributed by atoms with E-state index in [0.29, 0.717) is 68.8 Å². The Labute approximate surface area is 215 Å². The molecule has 2 saturated heterocycles. The van der Waals surface area contributed by atoms with E-state index >= 15 is 0 Å². The van der Waals surface area contributed by atoms with Gasteiger partial charge in [0.15, 0.2) is 5.13 Å². The van der Waals surface area contributed by atoms with Crippen LogP contribution in [0, 0.1) is 0 Å². The normalized spacial score (nSPS) is 19.9. The molecular weight excluding hydrogens is 485 g/mol. The summed E-state index contributed by atoms with van der Waals surface area (Å²) in [7, 11) is 1.57. The lowest BCUT2D eigenvalue weighted by Gasteiger charge is -2.42. The Hall–Kier alpha value is -2.60. The third-order valence-electron chi connectivity index (χ3n) is 6.48. The number of methoxy groups -OCH3 is 1. The molecule has 0 radical (unpaired) electrons. The van der Waals surface area contributed by atoms with Crippen molar-refractivity contribution in [3.63, 3.8) is 0 Å². The number of carbonyl (C=O) groups is 2. The first-order valence-electron chi connectivity index (χ1n) is 12.2. The molecule has 2 aliphatic rings. The Morgan fingerprint density at radius 3 is 2.86 bits per heavy atom. The molecule has 0 saturated carbocycles. The molecule has 36 heavy (non-hydrogen) atoms. The second-order valence-corrected chi connectivity index (χ2v) is 10.6. The van der Waals surface area contributed by atoms with E-state index in [-0.39, 0.29) is 17.1 Å². The van der Waals surface area contributed by atoms with Crippen molar-refractivity contribution in [1.82, 2.24) is 15.2 Å². The Balaban J connectivity index is 1.52. The van der Waals surface area contributed by atoms with Gasteiger partial charge in [0.05, 0.1) is 37.6 Å². The van der Waals surface area contributed by atoms with E-state index in [4.69, 9.17) is 9.47 Å².